The number of nitrogens with zero attached hydrogens (tertiary/aromatic N) is 13. The van der Waals surface area contributed by atoms with E-state index in [0.29, 0.717) is 93.7 Å². The summed E-state index contributed by atoms with van der Waals surface area (Å²) in [5, 5.41) is 25.1. The maximum atomic E-state index is 15.1. The van der Waals surface area contributed by atoms with Crippen LogP contribution < -0.4 is 27.4 Å². The Balaban J connectivity index is 0.000000168. The van der Waals surface area contributed by atoms with Gasteiger partial charge in [-0.1, -0.05) is 27.0 Å². The minimum atomic E-state index is -0.398. The van der Waals surface area contributed by atoms with E-state index in [2.05, 4.69) is 66.3 Å². The van der Waals surface area contributed by atoms with Gasteiger partial charge in [0.2, 0.25) is 35.3 Å². The molecule has 10 aromatic rings. The minimum Gasteiger partial charge on any atom is -0.458 e. The molecule has 24 nitrogen and oxygen atoms in total. The van der Waals surface area contributed by atoms with Crippen LogP contribution >= 0.6 is 0 Å². The fraction of sp³-hybridized carbons (Fsp3) is 0.353. The van der Waals surface area contributed by atoms with E-state index in [0.717, 1.165) is 23.7 Å². The first-order valence-corrected chi connectivity index (χ1v) is 23.4. The summed E-state index contributed by atoms with van der Waals surface area (Å²) in [6, 6.07) is 16.1. The maximum Gasteiger partial charge on any atom is 0.227 e. The van der Waals surface area contributed by atoms with Crippen LogP contribution in [0.5, 0.6) is 0 Å². The number of aryl methyl sites for hydroxylation is 3. The normalized spacial score (nSPS) is 13.4. The Morgan fingerprint density at radius 3 is 1.72 bits per heavy atom. The number of nitrogens with one attached hydrogen (secondary N) is 3. The minimum absolute atomic E-state index is 0. The Morgan fingerprint density at radius 1 is 0.671 bits per heavy atom. The lowest BCUT2D eigenvalue weighted by molar-refractivity contribution is 0.0305. The highest BCUT2D eigenvalue weighted by Gasteiger charge is 2.23. The number of nitrogen functional groups attached to an aromatic ring is 2. The summed E-state index contributed by atoms with van der Waals surface area (Å²) in [5.74, 6) is 5.94. The lowest BCUT2D eigenvalue weighted by Gasteiger charge is -2.20. The van der Waals surface area contributed by atoms with Crippen molar-refractivity contribution in [2.24, 2.45) is 5.18 Å². The zero-order valence-corrected chi connectivity index (χ0v) is 42.1. The molecule has 25 heteroatoms. The van der Waals surface area contributed by atoms with Crippen LogP contribution in [0.25, 0.3) is 51.7 Å². The quantitative estimate of drug-likeness (QED) is 0.0752. The van der Waals surface area contributed by atoms with Gasteiger partial charge in [-0.15, -0.1) is 4.91 Å². The van der Waals surface area contributed by atoms with E-state index < -0.39 is 5.82 Å². The molecule has 1 aromatic carbocycles. The number of anilines is 6. The summed E-state index contributed by atoms with van der Waals surface area (Å²) in [4.78, 5) is 37.2. The van der Waals surface area contributed by atoms with E-state index in [9.17, 15) is 4.91 Å². The van der Waals surface area contributed by atoms with Gasteiger partial charge in [-0.3, -0.25) is 0 Å². The molecule has 1 saturated heterocycles. The van der Waals surface area contributed by atoms with Crippen LogP contribution in [0.1, 0.15) is 85.7 Å². The Labute approximate surface area is 436 Å². The molecule has 9 aromatic heterocycles. The van der Waals surface area contributed by atoms with Crippen molar-refractivity contribution in [2.75, 3.05) is 40.6 Å². The molecule has 0 bridgehead atoms. The molecule has 1 aliphatic rings. The average molecular weight is 1040 g/mol. The van der Waals surface area contributed by atoms with Crippen molar-refractivity contribution in [3.63, 3.8) is 0 Å². The van der Waals surface area contributed by atoms with Crippen LogP contribution in [-0.4, -0.2) is 89.1 Å². The Kier molecular flexibility index (Phi) is 16.1. The Morgan fingerprint density at radius 2 is 1.20 bits per heavy atom. The number of furan rings is 3. The van der Waals surface area contributed by atoms with Gasteiger partial charge in [0, 0.05) is 23.2 Å². The van der Waals surface area contributed by atoms with Crippen molar-refractivity contribution in [3.8, 4) is 34.8 Å². The van der Waals surface area contributed by atoms with Crippen LogP contribution in [0.3, 0.4) is 0 Å². The van der Waals surface area contributed by atoms with Gasteiger partial charge >= 0.3 is 0 Å². The second-order valence-electron chi connectivity index (χ2n) is 19.3. The molecule has 7 N–H and O–H groups in total. The molecule has 0 amide bonds. The molecule has 400 valence electrons. The molecular weight excluding hydrogens is 980 g/mol. The number of rotatable bonds is 11. The maximum absolute atomic E-state index is 15.1. The number of ether oxygens (including phenoxy) is 2. The number of aromatic nitrogens is 12. The number of halogens is 1. The number of benzene rings is 1. The second kappa shape index (κ2) is 22.3. The first-order chi connectivity index (χ1) is 35.3. The van der Waals surface area contributed by atoms with E-state index in [1.165, 1.54) is 15.2 Å². The molecule has 11 rings (SSSR count). The van der Waals surface area contributed by atoms with Crippen molar-refractivity contribution in [1.29, 1.82) is 0 Å². The smallest absolute Gasteiger partial charge is 0.227 e. The largest absolute Gasteiger partial charge is 0.458 e. The van der Waals surface area contributed by atoms with Crippen molar-refractivity contribution in [3.05, 3.63) is 107 Å². The van der Waals surface area contributed by atoms with Crippen LogP contribution in [0.15, 0.2) is 91.6 Å². The summed E-state index contributed by atoms with van der Waals surface area (Å²) in [5.41, 5.74) is 14.6. The molecule has 0 unspecified atom stereocenters. The number of nitroso groups, excluding NO2 is 1. The van der Waals surface area contributed by atoms with Gasteiger partial charge in [0.1, 0.15) is 23.0 Å². The van der Waals surface area contributed by atoms with Crippen molar-refractivity contribution in [1.82, 2.24) is 58.7 Å². The summed E-state index contributed by atoms with van der Waals surface area (Å²) >= 11 is 0. The zero-order chi connectivity index (χ0) is 52.5. The Bertz CT molecular complexity index is 3610. The summed E-state index contributed by atoms with van der Waals surface area (Å²) in [7, 11) is 0. The SMILES string of the molecule is C.C.Cc1ccc(-c2nc(N)nc3c(Nc4cccc(CO[C@H]5CCOC5)c4F)cnn23)o1.Cc1ccc(-c2nc(NC(C)(C)C)nc3c(N)cnn23)o1.Cc1ccc(-c2nc(NC(C)(C)C)nc3c(N=O)cnn23)o1. The van der Waals surface area contributed by atoms with E-state index in [1.807, 2.05) is 86.6 Å². The highest BCUT2D eigenvalue weighted by molar-refractivity contribution is 5.76. The van der Waals surface area contributed by atoms with Crippen LogP contribution in [-0.2, 0) is 16.1 Å². The lowest BCUT2D eigenvalue weighted by Crippen LogP contribution is -2.27. The second-order valence-corrected chi connectivity index (χ2v) is 19.3. The molecule has 0 radical (unpaired) electrons. The predicted octanol–water partition coefficient (Wildman–Crippen LogP) is 10.5. The van der Waals surface area contributed by atoms with Crippen molar-refractivity contribution in [2.45, 2.75) is 107 Å². The van der Waals surface area contributed by atoms with Gasteiger partial charge in [-0.25, -0.2) is 4.39 Å². The average Bonchev–Trinajstić information content (AvgIpc) is 4.23. The van der Waals surface area contributed by atoms with E-state index in [-0.39, 0.29) is 56.0 Å². The third-order valence-electron chi connectivity index (χ3n) is 10.8. The number of hydrogen-bond donors (Lipinski definition) is 5. The molecule has 76 heavy (non-hydrogen) atoms. The predicted molar refractivity (Wildman–Crippen MR) is 288 cm³/mol. The van der Waals surface area contributed by atoms with Crippen LogP contribution in [0, 0.1) is 31.5 Å². The van der Waals surface area contributed by atoms with Gasteiger partial charge in [0.05, 0.1) is 49.3 Å². The monoisotopic (exact) mass is 1040 g/mol. The standard InChI is InChI=1S/C21H21FN6O3.C14H16N6O2.C14H18N6O.2CH4/c1-12-5-6-17(31-12)20-27-21(23)26-19-16(9-24-28(19)20)25-15-4-2-3-13(18(15)22)10-30-14-7-8-29-11-14;1-8-5-6-10(22-8)12-17-13(18-14(2,3)4)16-11-9(19-21)7-15-20(11)12;1-8-5-6-10(21-8)12-18-13(19-14(2,3)4)17-11-9(15)7-16-20(11)12;;/h2-6,9,14,25H,7-8,10-11H2,1H3,(H2,23,26);5-7H,1-4H3,(H,16,18);5-7H,15H2,1-4H3,(H,17,19);2*1H4/t14-;;;;/m0..../s1. The number of nitrogens with two attached hydrogens (primary N) is 2. The van der Waals surface area contributed by atoms with Gasteiger partial charge in [0.25, 0.3) is 0 Å². The molecule has 1 atom stereocenters. The highest BCUT2D eigenvalue weighted by Crippen LogP contribution is 2.31. The molecule has 0 spiro atoms. The van der Waals surface area contributed by atoms with Gasteiger partial charge < -0.3 is 50.1 Å². The number of fused-ring (bicyclic) bond motifs is 3. The molecule has 0 saturated carbocycles. The van der Waals surface area contributed by atoms with Gasteiger partial charge in [0.15, 0.2) is 45.7 Å². The molecule has 0 aliphatic carbocycles. The first-order valence-electron chi connectivity index (χ1n) is 23.4. The molecule has 10 heterocycles. The number of hydrogen-bond acceptors (Lipinski definition) is 21. The van der Waals surface area contributed by atoms with E-state index in [4.69, 9.17) is 34.2 Å². The molecule has 1 fully saturated rings. The van der Waals surface area contributed by atoms with Crippen molar-refractivity contribution >= 4 is 57.5 Å². The van der Waals surface area contributed by atoms with Crippen LogP contribution in [0.2, 0.25) is 0 Å². The summed E-state index contributed by atoms with van der Waals surface area (Å²) in [6.45, 7) is 19.0. The molecular formula is C51H63FN18O6. The van der Waals surface area contributed by atoms with E-state index in [1.54, 1.807) is 47.2 Å². The first kappa shape index (κ1) is 54.9. The summed E-state index contributed by atoms with van der Waals surface area (Å²) < 4.78 is 47.6. The van der Waals surface area contributed by atoms with Crippen molar-refractivity contribution < 1.29 is 27.1 Å². The summed E-state index contributed by atoms with van der Waals surface area (Å²) in [6.07, 6.45) is 5.28. The van der Waals surface area contributed by atoms with Gasteiger partial charge in [-0.2, -0.15) is 58.7 Å². The Hall–Kier alpha value is -8.84. The fourth-order valence-corrected chi connectivity index (χ4v) is 7.52. The van der Waals surface area contributed by atoms with E-state index >= 15 is 4.39 Å². The lowest BCUT2D eigenvalue weighted by atomic mass is 10.1. The third-order valence-corrected chi connectivity index (χ3v) is 10.8. The molecule has 1 aliphatic heterocycles. The van der Waals surface area contributed by atoms with Gasteiger partial charge in [-0.05, 0) is 116 Å². The highest BCUT2D eigenvalue weighted by atomic mass is 19.1. The topological polar surface area (TPSA) is 305 Å². The zero-order valence-electron chi connectivity index (χ0n) is 42.1. The fourth-order valence-electron chi connectivity index (χ4n) is 7.52. The third kappa shape index (κ3) is 12.4. The van der Waals surface area contributed by atoms with Crippen LogP contribution in [0.4, 0.5) is 45.0 Å².